The van der Waals surface area contributed by atoms with E-state index in [1.807, 2.05) is 53.4 Å². The molecule has 4 rings (SSSR count). The molecule has 0 aromatic heterocycles. The van der Waals surface area contributed by atoms with Crippen molar-refractivity contribution < 1.29 is 9.53 Å². The van der Waals surface area contributed by atoms with E-state index in [1.54, 1.807) is 7.11 Å². The lowest BCUT2D eigenvalue weighted by atomic mass is 10.0. The molecule has 0 bridgehead atoms. The third-order valence-corrected chi connectivity index (χ3v) is 5.62. The van der Waals surface area contributed by atoms with Crippen molar-refractivity contribution in [1.29, 1.82) is 0 Å². The van der Waals surface area contributed by atoms with E-state index in [1.165, 1.54) is 0 Å². The highest BCUT2D eigenvalue weighted by atomic mass is 35.5. The molecule has 0 N–H and O–H groups in total. The molecule has 0 atom stereocenters. The highest BCUT2D eigenvalue weighted by Gasteiger charge is 2.34. The number of nitrogens with zero attached hydrogens (tertiary/aromatic N) is 3. The summed E-state index contributed by atoms with van der Waals surface area (Å²) in [4.78, 5) is 19.8. The molecule has 0 saturated carbocycles. The molecule has 146 valence electrons. The van der Waals surface area contributed by atoms with Gasteiger partial charge in [0, 0.05) is 42.3 Å². The standard InChI is InChI=1S/C22H24ClN3O2/c1-24-9-11-25(12-10-24)15-26-21-14-17(23)5-8-19(21)20(22(26)27)13-16-3-6-18(28-2)7-4-16/h3-8,13-14H,9-12,15H2,1-2H3. The van der Waals surface area contributed by atoms with Gasteiger partial charge in [-0.3, -0.25) is 14.6 Å². The topological polar surface area (TPSA) is 36.0 Å². The molecule has 28 heavy (non-hydrogen) atoms. The summed E-state index contributed by atoms with van der Waals surface area (Å²) in [7, 11) is 3.77. The Labute approximate surface area is 170 Å². The number of hydrogen-bond donors (Lipinski definition) is 0. The Bertz CT molecular complexity index is 902. The Kier molecular flexibility index (Phi) is 5.40. The lowest BCUT2D eigenvalue weighted by Crippen LogP contribution is -2.49. The van der Waals surface area contributed by atoms with Crippen LogP contribution < -0.4 is 9.64 Å². The number of piperazine rings is 1. The molecule has 6 heteroatoms. The maximum absolute atomic E-state index is 13.3. The van der Waals surface area contributed by atoms with Gasteiger partial charge in [-0.05, 0) is 43.0 Å². The predicted molar refractivity (Wildman–Crippen MR) is 114 cm³/mol. The van der Waals surface area contributed by atoms with Crippen LogP contribution in [0.2, 0.25) is 5.02 Å². The first-order valence-electron chi connectivity index (χ1n) is 9.43. The number of ether oxygens (including phenoxy) is 1. The molecule has 0 unspecified atom stereocenters. The van der Waals surface area contributed by atoms with Crippen molar-refractivity contribution in [2.45, 2.75) is 0 Å². The predicted octanol–water partition coefficient (Wildman–Crippen LogP) is 3.44. The molecule has 0 spiro atoms. The Hall–Kier alpha value is -2.34. The van der Waals surface area contributed by atoms with E-state index in [0.29, 0.717) is 17.3 Å². The van der Waals surface area contributed by atoms with Crippen molar-refractivity contribution in [3.05, 3.63) is 58.6 Å². The second-order valence-corrected chi connectivity index (χ2v) is 7.72. The summed E-state index contributed by atoms with van der Waals surface area (Å²) in [5.74, 6) is 0.816. The quantitative estimate of drug-likeness (QED) is 0.740. The first-order valence-corrected chi connectivity index (χ1v) is 9.81. The summed E-state index contributed by atoms with van der Waals surface area (Å²) in [6, 6.07) is 13.4. The van der Waals surface area contributed by atoms with E-state index in [4.69, 9.17) is 16.3 Å². The zero-order valence-corrected chi connectivity index (χ0v) is 16.9. The molecule has 2 aromatic carbocycles. The number of carbonyl (C=O) groups is 1. The summed E-state index contributed by atoms with van der Waals surface area (Å²) in [5.41, 5.74) is 3.48. The van der Waals surface area contributed by atoms with Crippen LogP contribution in [-0.2, 0) is 4.79 Å². The molecule has 1 fully saturated rings. The Morgan fingerprint density at radius 1 is 1.07 bits per heavy atom. The van der Waals surface area contributed by atoms with Gasteiger partial charge in [-0.2, -0.15) is 0 Å². The van der Waals surface area contributed by atoms with Crippen LogP contribution in [0.15, 0.2) is 42.5 Å². The van der Waals surface area contributed by atoms with Crippen molar-refractivity contribution in [2.24, 2.45) is 0 Å². The van der Waals surface area contributed by atoms with E-state index in [0.717, 1.165) is 48.7 Å². The van der Waals surface area contributed by atoms with Gasteiger partial charge < -0.3 is 9.64 Å². The summed E-state index contributed by atoms with van der Waals surface area (Å²) in [5, 5.41) is 0.639. The number of rotatable bonds is 4. The van der Waals surface area contributed by atoms with Crippen molar-refractivity contribution in [1.82, 2.24) is 9.80 Å². The van der Waals surface area contributed by atoms with E-state index < -0.39 is 0 Å². The van der Waals surface area contributed by atoms with E-state index >= 15 is 0 Å². The average molecular weight is 398 g/mol. The first-order chi connectivity index (χ1) is 13.5. The number of carbonyl (C=O) groups excluding carboxylic acids is 1. The van der Waals surface area contributed by atoms with E-state index in [2.05, 4.69) is 16.8 Å². The van der Waals surface area contributed by atoms with Crippen LogP contribution in [0.1, 0.15) is 11.1 Å². The maximum atomic E-state index is 13.3. The van der Waals surface area contributed by atoms with Crippen LogP contribution in [0, 0.1) is 0 Å². The molecule has 2 aliphatic rings. The molecule has 1 saturated heterocycles. The van der Waals surface area contributed by atoms with Crippen molar-refractivity contribution >= 4 is 34.8 Å². The number of amides is 1. The van der Waals surface area contributed by atoms with Crippen LogP contribution >= 0.6 is 11.6 Å². The number of hydrogen-bond acceptors (Lipinski definition) is 4. The normalized spacial score (nSPS) is 19.3. The second kappa shape index (κ2) is 7.95. The highest BCUT2D eigenvalue weighted by Crippen LogP contribution is 2.39. The lowest BCUT2D eigenvalue weighted by molar-refractivity contribution is -0.113. The Morgan fingerprint density at radius 3 is 2.46 bits per heavy atom. The Morgan fingerprint density at radius 2 is 1.79 bits per heavy atom. The van der Waals surface area contributed by atoms with Crippen molar-refractivity contribution in [3.8, 4) is 5.75 Å². The number of likely N-dealkylation sites (N-methyl/N-ethyl adjacent to an activating group) is 1. The lowest BCUT2D eigenvalue weighted by Gasteiger charge is -2.34. The molecular formula is C22H24ClN3O2. The van der Waals surface area contributed by atoms with Crippen LogP contribution in [0.25, 0.3) is 11.6 Å². The fraction of sp³-hybridized carbons (Fsp3) is 0.318. The van der Waals surface area contributed by atoms with Gasteiger partial charge in [-0.15, -0.1) is 0 Å². The van der Waals surface area contributed by atoms with Crippen LogP contribution in [0.4, 0.5) is 5.69 Å². The highest BCUT2D eigenvalue weighted by molar-refractivity contribution is 6.37. The van der Waals surface area contributed by atoms with Crippen molar-refractivity contribution in [2.75, 3.05) is 51.9 Å². The van der Waals surface area contributed by atoms with Gasteiger partial charge in [0.2, 0.25) is 0 Å². The summed E-state index contributed by atoms with van der Waals surface area (Å²) >= 11 is 6.25. The smallest absolute Gasteiger partial charge is 0.260 e. The van der Waals surface area contributed by atoms with Gasteiger partial charge in [0.1, 0.15) is 5.75 Å². The van der Waals surface area contributed by atoms with Crippen LogP contribution in [0.3, 0.4) is 0 Å². The van der Waals surface area contributed by atoms with Gasteiger partial charge >= 0.3 is 0 Å². The summed E-state index contributed by atoms with van der Waals surface area (Å²) in [6.07, 6.45) is 1.94. The fourth-order valence-electron chi connectivity index (χ4n) is 3.66. The third-order valence-electron chi connectivity index (χ3n) is 5.38. The number of halogens is 1. The van der Waals surface area contributed by atoms with Gasteiger partial charge in [-0.1, -0.05) is 29.8 Å². The molecule has 1 amide bonds. The summed E-state index contributed by atoms with van der Waals surface area (Å²) in [6.45, 7) is 4.51. The van der Waals surface area contributed by atoms with E-state index in [9.17, 15) is 4.79 Å². The van der Waals surface area contributed by atoms with Crippen LogP contribution in [-0.4, -0.2) is 62.7 Å². The molecule has 2 aliphatic heterocycles. The number of fused-ring (bicyclic) bond motifs is 1. The molecular weight excluding hydrogens is 374 g/mol. The SMILES string of the molecule is COc1ccc(C=C2C(=O)N(CN3CCN(C)CC3)c3cc(Cl)ccc32)cc1. The van der Waals surface area contributed by atoms with Crippen molar-refractivity contribution in [3.63, 3.8) is 0 Å². The van der Waals surface area contributed by atoms with E-state index in [-0.39, 0.29) is 5.91 Å². The fourth-order valence-corrected chi connectivity index (χ4v) is 3.83. The largest absolute Gasteiger partial charge is 0.497 e. The van der Waals surface area contributed by atoms with Gasteiger partial charge in [-0.25, -0.2) is 0 Å². The third kappa shape index (κ3) is 3.78. The first kappa shape index (κ1) is 19.0. The second-order valence-electron chi connectivity index (χ2n) is 7.29. The molecule has 2 aromatic rings. The zero-order chi connectivity index (χ0) is 19.7. The monoisotopic (exact) mass is 397 g/mol. The van der Waals surface area contributed by atoms with Gasteiger partial charge in [0.05, 0.1) is 19.5 Å². The molecule has 5 nitrogen and oxygen atoms in total. The van der Waals surface area contributed by atoms with Crippen LogP contribution in [0.5, 0.6) is 5.75 Å². The van der Waals surface area contributed by atoms with Gasteiger partial charge in [0.25, 0.3) is 5.91 Å². The molecule has 0 radical (unpaired) electrons. The average Bonchev–Trinajstić information content (AvgIpc) is 2.95. The number of anilines is 1. The van der Waals surface area contributed by atoms with Gasteiger partial charge in [0.15, 0.2) is 0 Å². The summed E-state index contributed by atoms with van der Waals surface area (Å²) < 4.78 is 5.22. The molecule has 0 aliphatic carbocycles. The minimum atomic E-state index is 0.0204. The number of benzene rings is 2. The minimum absolute atomic E-state index is 0.0204. The molecule has 2 heterocycles. The Balaban J connectivity index is 1.65. The zero-order valence-electron chi connectivity index (χ0n) is 16.2. The maximum Gasteiger partial charge on any atom is 0.260 e. The number of methoxy groups -OCH3 is 1. The minimum Gasteiger partial charge on any atom is -0.497 e.